The summed E-state index contributed by atoms with van der Waals surface area (Å²) in [6.07, 6.45) is 143. The summed E-state index contributed by atoms with van der Waals surface area (Å²) in [5.74, 6) is -1.56. The Kier molecular flexibility index (Phi) is 100. The molecule has 4 N–H and O–H groups in total. The molecule has 5 atom stereocenters. The molecule has 0 aliphatic heterocycles. The third-order valence-electron chi connectivity index (χ3n) is 22.5. The van der Waals surface area contributed by atoms with Crippen LogP contribution in [0.2, 0.25) is 0 Å². The Morgan fingerprint density at radius 2 is 0.376 bits per heavy atom. The van der Waals surface area contributed by atoms with Gasteiger partial charge in [0.25, 0.3) is 0 Å². The van der Waals surface area contributed by atoms with Crippen LogP contribution in [-0.4, -0.2) is 95.9 Å². The highest BCUT2D eigenvalue weighted by Gasteiger charge is 2.30. The molecule has 5 unspecified atom stereocenters. The summed E-state index contributed by atoms with van der Waals surface area (Å²) in [6, 6.07) is 0. The van der Waals surface area contributed by atoms with Crippen molar-refractivity contribution in [3.63, 3.8) is 0 Å². The SMILES string of the molecule is CC/C=C\C/C=C\C/C=C\C/C=C\C/C=C\C/C=C\CCCCCCCCCCCCCCCCCCC(=O)OCC(O)COP(=O)(O)OCC(O)COP(=O)(O)OCC(COC(=O)CCCCCCCCCCCCCCCCCC/C=C\C/C=C\C/C=C\C/C=C\C/C=C\C/C=C\CC)OC(=O)CCCCCCCCCCCCC/C=C\C/C=C\C/C=C\C/C=C\C/C=C\CC. The van der Waals surface area contributed by atoms with Crippen LogP contribution in [0.15, 0.2) is 207 Å². The maximum absolute atomic E-state index is 13.1. The minimum Gasteiger partial charge on any atom is -0.463 e. The molecule has 16 nitrogen and oxygen atoms in total. The zero-order valence-electron chi connectivity index (χ0n) is 84.4. The van der Waals surface area contributed by atoms with Crippen molar-refractivity contribution in [2.75, 3.05) is 39.6 Å². The Morgan fingerprint density at radius 1 is 0.211 bits per heavy atom. The first-order valence-corrected chi connectivity index (χ1v) is 56.4. The average Bonchev–Trinajstić information content (AvgIpc) is 0.896. The highest BCUT2D eigenvalue weighted by Crippen LogP contribution is 2.45. The van der Waals surface area contributed by atoms with Crippen molar-refractivity contribution >= 4 is 33.6 Å². The summed E-state index contributed by atoms with van der Waals surface area (Å²) >= 11 is 0. The lowest BCUT2D eigenvalue weighted by Gasteiger charge is -2.21. The second-order valence-electron chi connectivity index (χ2n) is 35.3. The van der Waals surface area contributed by atoms with Gasteiger partial charge in [0.1, 0.15) is 25.4 Å². The van der Waals surface area contributed by atoms with E-state index in [9.17, 15) is 43.5 Å². The third kappa shape index (κ3) is 106. The number of unbranched alkanes of at least 4 members (excludes halogenated alkanes) is 43. The molecule has 18 heteroatoms. The van der Waals surface area contributed by atoms with Crippen molar-refractivity contribution in [3.8, 4) is 0 Å². The number of aliphatic hydroxyl groups is 2. The molecular formula is C115H194O16P2. The van der Waals surface area contributed by atoms with E-state index in [1.54, 1.807) is 0 Å². The molecule has 760 valence electrons. The van der Waals surface area contributed by atoms with E-state index in [1.807, 2.05) is 0 Å². The predicted octanol–water partition coefficient (Wildman–Crippen LogP) is 34.2. The molecule has 0 spiro atoms. The lowest BCUT2D eigenvalue weighted by Crippen LogP contribution is -2.30. The van der Waals surface area contributed by atoms with Gasteiger partial charge in [-0.3, -0.25) is 32.5 Å². The molecule has 0 aliphatic carbocycles. The van der Waals surface area contributed by atoms with Gasteiger partial charge in [-0.15, -0.1) is 0 Å². The van der Waals surface area contributed by atoms with Gasteiger partial charge in [0.2, 0.25) is 0 Å². The molecule has 0 aromatic carbocycles. The zero-order valence-corrected chi connectivity index (χ0v) is 86.1. The summed E-state index contributed by atoms with van der Waals surface area (Å²) in [4.78, 5) is 59.3. The van der Waals surface area contributed by atoms with Crippen molar-refractivity contribution in [2.45, 2.75) is 463 Å². The van der Waals surface area contributed by atoms with Gasteiger partial charge in [-0.1, -0.05) is 465 Å². The summed E-state index contributed by atoms with van der Waals surface area (Å²) < 4.78 is 61.8. The number of hydrogen-bond acceptors (Lipinski definition) is 14. The molecule has 0 amide bonds. The average molecular weight is 1890 g/mol. The summed E-state index contributed by atoms with van der Waals surface area (Å²) in [5.41, 5.74) is 0. The van der Waals surface area contributed by atoms with Crippen molar-refractivity contribution in [1.29, 1.82) is 0 Å². The van der Waals surface area contributed by atoms with Gasteiger partial charge in [0.15, 0.2) is 6.10 Å². The molecule has 0 radical (unpaired) electrons. The van der Waals surface area contributed by atoms with Crippen molar-refractivity contribution < 1.29 is 75.8 Å². The molecule has 0 saturated carbocycles. The number of esters is 3. The minimum atomic E-state index is -4.95. The van der Waals surface area contributed by atoms with Crippen LogP contribution in [0.25, 0.3) is 0 Å². The Labute approximate surface area is 813 Å². The van der Waals surface area contributed by atoms with Crippen LogP contribution in [0, 0.1) is 0 Å². The number of hydrogen-bond donors (Lipinski definition) is 4. The largest absolute Gasteiger partial charge is 0.472 e. The topological polar surface area (TPSA) is 231 Å². The van der Waals surface area contributed by atoms with E-state index < -0.39 is 91.5 Å². The van der Waals surface area contributed by atoms with E-state index in [0.29, 0.717) is 19.3 Å². The van der Waals surface area contributed by atoms with E-state index in [4.69, 9.17) is 32.3 Å². The van der Waals surface area contributed by atoms with Crippen LogP contribution in [0.5, 0.6) is 0 Å². The van der Waals surface area contributed by atoms with E-state index in [-0.39, 0.29) is 19.3 Å². The molecule has 133 heavy (non-hydrogen) atoms. The quantitative estimate of drug-likeness (QED) is 0.0146. The number of rotatable bonds is 100. The van der Waals surface area contributed by atoms with Gasteiger partial charge in [-0.2, -0.15) is 0 Å². The normalized spacial score (nSPS) is 14.4. The van der Waals surface area contributed by atoms with Gasteiger partial charge in [0, 0.05) is 19.3 Å². The van der Waals surface area contributed by atoms with Crippen LogP contribution in [0.3, 0.4) is 0 Å². The van der Waals surface area contributed by atoms with E-state index in [0.717, 1.165) is 180 Å². The lowest BCUT2D eigenvalue weighted by molar-refractivity contribution is -0.161. The first-order valence-electron chi connectivity index (χ1n) is 53.4. The molecule has 0 bridgehead atoms. The van der Waals surface area contributed by atoms with Crippen LogP contribution in [0.4, 0.5) is 0 Å². The van der Waals surface area contributed by atoms with Gasteiger partial charge >= 0.3 is 33.6 Å². The number of carbonyl (C=O) groups is 3. The summed E-state index contributed by atoms with van der Waals surface area (Å²) in [7, 11) is -9.83. The van der Waals surface area contributed by atoms with Crippen LogP contribution >= 0.6 is 15.6 Å². The van der Waals surface area contributed by atoms with Crippen LogP contribution in [-0.2, 0) is 55.8 Å². The standard InChI is InChI=1S/C115H194O16P2/c1-4-7-10-13-16-19-22-25-28-31-34-37-40-43-46-48-50-52-54-56-58-60-63-65-68-71-74-77-80-83-86-89-92-95-98-101-113(118)125-104-110(116)105-127-132(121,122)128-106-111(117)107-129-133(123,124)130-109-112(131-115(120)103-100-97-94-91-88-85-82-79-76-73-70-67-62-45-42-39-36-33-30-27-24-21-18-15-12-9-6-3)108-126-114(119)102-99-96-93-90-87-84-81-78-75-72-69-66-64-61-59-57-55-53-51-49-47-44-41-38-35-32-29-26-23-20-17-14-11-8-5-2/h7-12,16-21,25-30,34-39,43-47,50-53,62,110-112,116-117H,4-6,13-15,22-24,31-33,40-42,48-49,54-61,63-109H2,1-3H3,(H,121,122)(H,123,124)/b10-7-,11-8-,12-9-,19-16-,20-17-,21-18-,28-25-,29-26-,30-27-,37-34-,38-35-,39-36-,46-43-,47-44-,52-50-,53-51-,62-45-. The molecular weight excluding hydrogens is 1700 g/mol. The number of carbonyl (C=O) groups excluding carboxylic acids is 3. The number of aliphatic hydroxyl groups excluding tert-OH is 2. The van der Waals surface area contributed by atoms with Crippen molar-refractivity contribution in [2.24, 2.45) is 0 Å². The summed E-state index contributed by atoms with van der Waals surface area (Å²) in [6.45, 7) is 2.41. The molecule has 0 aromatic heterocycles. The smallest absolute Gasteiger partial charge is 0.463 e. The van der Waals surface area contributed by atoms with Gasteiger partial charge in [-0.25, -0.2) is 9.13 Å². The number of allylic oxidation sites excluding steroid dienone is 34. The van der Waals surface area contributed by atoms with Gasteiger partial charge in [-0.05, 0) is 167 Å². The fourth-order valence-corrected chi connectivity index (χ4v) is 16.1. The van der Waals surface area contributed by atoms with Gasteiger partial charge < -0.3 is 34.2 Å². The second-order valence-corrected chi connectivity index (χ2v) is 38.2. The van der Waals surface area contributed by atoms with E-state index in [2.05, 4.69) is 227 Å². The van der Waals surface area contributed by atoms with Crippen LogP contribution < -0.4 is 0 Å². The fraction of sp³-hybridized carbons (Fsp3) is 0.678. The third-order valence-corrected chi connectivity index (χ3v) is 24.4. The molecule has 0 aromatic rings. The predicted molar refractivity (Wildman–Crippen MR) is 564 cm³/mol. The zero-order chi connectivity index (χ0) is 96.4. The number of phosphoric acid groups is 2. The maximum Gasteiger partial charge on any atom is 0.472 e. The van der Waals surface area contributed by atoms with Gasteiger partial charge in [0.05, 0.1) is 26.4 Å². The monoisotopic (exact) mass is 1890 g/mol. The molecule has 0 rings (SSSR count). The second kappa shape index (κ2) is 105. The molecule has 0 fully saturated rings. The Bertz CT molecular complexity index is 3250. The molecule has 0 saturated heterocycles. The Balaban J connectivity index is 4.59. The number of ether oxygens (including phenoxy) is 3. The highest BCUT2D eigenvalue weighted by molar-refractivity contribution is 7.47. The first kappa shape index (κ1) is 127. The van der Waals surface area contributed by atoms with Crippen molar-refractivity contribution in [3.05, 3.63) is 207 Å². The molecule has 0 heterocycles. The van der Waals surface area contributed by atoms with E-state index >= 15 is 0 Å². The Hall–Kier alpha value is -5.87. The highest BCUT2D eigenvalue weighted by atomic mass is 31.2. The fourth-order valence-electron chi connectivity index (χ4n) is 14.6. The maximum atomic E-state index is 13.1. The lowest BCUT2D eigenvalue weighted by atomic mass is 10.0. The molecule has 0 aliphatic rings. The van der Waals surface area contributed by atoms with Crippen molar-refractivity contribution in [1.82, 2.24) is 0 Å². The number of phosphoric ester groups is 2. The van der Waals surface area contributed by atoms with Crippen LogP contribution in [0.1, 0.15) is 445 Å². The Morgan fingerprint density at radius 3 is 0.594 bits per heavy atom. The van der Waals surface area contributed by atoms with E-state index in [1.165, 1.54) is 205 Å². The minimum absolute atomic E-state index is 0.0966. The first-order chi connectivity index (χ1) is 65.2. The summed E-state index contributed by atoms with van der Waals surface area (Å²) in [5, 5.41) is 20.8.